The number of para-hydroxylation sites is 1. The first-order valence-corrected chi connectivity index (χ1v) is 20.9. The summed E-state index contributed by atoms with van der Waals surface area (Å²) < 4.78 is 39.2. The van der Waals surface area contributed by atoms with Crippen LogP contribution in [-0.4, -0.2) is 96.7 Å². The Balaban J connectivity index is 1.28. The molecule has 3 aromatic rings. The number of anilines is 1. The Morgan fingerprint density at radius 1 is 0.923 bits per heavy atom. The van der Waals surface area contributed by atoms with Gasteiger partial charge in [0.15, 0.2) is 5.78 Å². The minimum Gasteiger partial charge on any atom is -0.466 e. The number of nitrogens with zero attached hydrogens (tertiary/aromatic N) is 3. The number of halogens is 2. The normalized spacial score (nSPS) is 21.9. The fraction of sp³-hybridized carbons (Fsp3) is 0.553. The van der Waals surface area contributed by atoms with E-state index >= 15 is 0 Å². The number of fused-ring (bicyclic) bond motifs is 1. The number of hydrogen-bond acceptors (Lipinski definition) is 9. The Morgan fingerprint density at radius 3 is 2.23 bits per heavy atom. The van der Waals surface area contributed by atoms with Gasteiger partial charge in [-0.3, -0.25) is 24.2 Å². The molecule has 3 aliphatic rings. The number of piperidine rings is 1. The van der Waals surface area contributed by atoms with E-state index in [1.807, 2.05) is 40.8 Å². The molecule has 1 aromatic heterocycles. The molecule has 52 heavy (non-hydrogen) atoms. The number of hydrogen-bond donors (Lipinski definition) is 1. The first-order valence-electron chi connectivity index (χ1n) is 18.2. The first-order chi connectivity index (χ1) is 24.8. The van der Waals surface area contributed by atoms with E-state index in [-0.39, 0.29) is 46.1 Å². The van der Waals surface area contributed by atoms with Gasteiger partial charge < -0.3 is 19.4 Å². The Kier molecular flexibility index (Phi) is 12.0. The van der Waals surface area contributed by atoms with Gasteiger partial charge in [-0.1, -0.05) is 41.4 Å². The number of carbonyl (C=O) groups is 3. The van der Waals surface area contributed by atoms with Crippen LogP contribution in [0.4, 0.5) is 5.69 Å². The molecule has 2 aromatic carbocycles. The molecule has 6 rings (SSSR count). The molecule has 2 aliphatic heterocycles. The van der Waals surface area contributed by atoms with Gasteiger partial charge in [0.1, 0.15) is 9.84 Å². The highest BCUT2D eigenvalue weighted by atomic mass is 35.5. The van der Waals surface area contributed by atoms with Crippen LogP contribution in [0.25, 0.3) is 10.9 Å². The van der Waals surface area contributed by atoms with Crippen LogP contribution in [0.15, 0.2) is 42.6 Å². The molecular formula is C38H48Cl2N4O7S. The molecule has 11 nitrogen and oxygen atoms in total. The lowest BCUT2D eigenvalue weighted by atomic mass is 9.87. The second-order valence-corrected chi connectivity index (χ2v) is 17.5. The summed E-state index contributed by atoms with van der Waals surface area (Å²) in [6, 6.07) is 10.8. The third kappa shape index (κ3) is 8.07. The summed E-state index contributed by atoms with van der Waals surface area (Å²) in [5.41, 5.74) is 2.23. The van der Waals surface area contributed by atoms with Crippen LogP contribution in [0.3, 0.4) is 0 Å². The third-order valence-corrected chi connectivity index (χ3v) is 13.2. The van der Waals surface area contributed by atoms with E-state index in [0.717, 1.165) is 23.7 Å². The molecule has 3 heterocycles. The van der Waals surface area contributed by atoms with Crippen molar-refractivity contribution in [3.8, 4) is 0 Å². The number of ether oxygens (including phenoxy) is 2. The van der Waals surface area contributed by atoms with Gasteiger partial charge in [0.05, 0.1) is 40.2 Å². The lowest BCUT2D eigenvalue weighted by molar-refractivity contribution is -0.258. The van der Waals surface area contributed by atoms with Crippen LogP contribution in [0.1, 0.15) is 74.2 Å². The van der Waals surface area contributed by atoms with Gasteiger partial charge in [0, 0.05) is 68.0 Å². The molecule has 282 valence electrons. The number of Topliss-reactive ketones (excluding diaryl/α,β-unsaturated/α-hetero) is 1. The van der Waals surface area contributed by atoms with Crippen molar-refractivity contribution in [3.63, 3.8) is 0 Å². The van der Waals surface area contributed by atoms with Crippen molar-refractivity contribution in [2.24, 2.45) is 13.0 Å². The van der Waals surface area contributed by atoms with E-state index in [0.29, 0.717) is 88.1 Å². The van der Waals surface area contributed by atoms with Crippen molar-refractivity contribution in [2.45, 2.75) is 81.9 Å². The number of aromatic nitrogens is 1. The number of benzene rings is 2. The second kappa shape index (κ2) is 16.2. The number of nitrogens with one attached hydrogen (secondary N) is 1. The van der Waals surface area contributed by atoms with Crippen LogP contribution in [0.5, 0.6) is 0 Å². The molecule has 2 saturated heterocycles. The van der Waals surface area contributed by atoms with Crippen molar-refractivity contribution in [2.75, 3.05) is 44.4 Å². The molecule has 14 heteroatoms. The maximum absolute atomic E-state index is 15.0. The fourth-order valence-electron chi connectivity index (χ4n) is 8.10. The number of carbonyl (C=O) groups excluding carboxylic acids is 3. The summed E-state index contributed by atoms with van der Waals surface area (Å²) in [6.45, 7) is 4.14. The molecule has 0 spiro atoms. The van der Waals surface area contributed by atoms with Crippen LogP contribution < -0.4 is 5.32 Å². The molecule has 0 bridgehead atoms. The summed E-state index contributed by atoms with van der Waals surface area (Å²) in [7, 11) is -1.37. The number of sulfone groups is 1. The Bertz CT molecular complexity index is 1910. The van der Waals surface area contributed by atoms with Crippen LogP contribution in [0, 0.1) is 5.92 Å². The Morgan fingerprint density at radius 2 is 1.58 bits per heavy atom. The Hall–Kier alpha value is -3.00. The van der Waals surface area contributed by atoms with Crippen LogP contribution in [0.2, 0.25) is 10.0 Å². The van der Waals surface area contributed by atoms with Gasteiger partial charge in [0.2, 0.25) is 5.85 Å². The van der Waals surface area contributed by atoms with E-state index in [9.17, 15) is 22.8 Å². The zero-order valence-corrected chi connectivity index (χ0v) is 32.4. The molecule has 1 atom stereocenters. The van der Waals surface area contributed by atoms with E-state index in [1.54, 1.807) is 25.3 Å². The average molecular weight is 776 g/mol. The van der Waals surface area contributed by atoms with Crippen molar-refractivity contribution < 1.29 is 32.3 Å². The number of likely N-dealkylation sites (tertiary alicyclic amines) is 2. The second-order valence-electron chi connectivity index (χ2n) is 14.3. The van der Waals surface area contributed by atoms with Gasteiger partial charge in [-0.2, -0.15) is 0 Å². The zero-order valence-electron chi connectivity index (χ0n) is 30.0. The van der Waals surface area contributed by atoms with Gasteiger partial charge >= 0.3 is 5.97 Å². The topological polar surface area (TPSA) is 127 Å². The standard InChI is InChI=1S/C38H48Cl2N4O7S/c1-4-50-37(47)25-11-13-27(14-12-25)51-38(43-17-7-8-18-43,44-19-15-28(16-20-44)52(3,48)49)35(45)22-26-21-32(40)33(23-31(26)39)41-36(46)30-24-42(2)34-10-6-5-9-29(30)34/h5-6,9-10,21,23-25,27-28H,4,7-8,11-20,22H2,1-3H3,(H,41,46)/t25-,27-,38?. The van der Waals surface area contributed by atoms with Crippen molar-refractivity contribution >= 4 is 67.3 Å². The largest absolute Gasteiger partial charge is 0.466 e. The minimum atomic E-state index is -3.25. The van der Waals surface area contributed by atoms with E-state index in [2.05, 4.69) is 10.2 Å². The van der Waals surface area contributed by atoms with Crippen molar-refractivity contribution in [3.05, 3.63) is 63.8 Å². The lowest BCUT2D eigenvalue weighted by Gasteiger charge is -2.51. The number of amides is 1. The molecule has 1 aliphatic carbocycles. The predicted molar refractivity (Wildman–Crippen MR) is 202 cm³/mol. The lowest BCUT2D eigenvalue weighted by Crippen LogP contribution is -2.69. The number of aryl methyl sites for hydroxylation is 1. The first kappa shape index (κ1) is 38.7. The molecule has 3 fully saturated rings. The molecule has 1 unspecified atom stereocenters. The smallest absolute Gasteiger partial charge is 0.308 e. The van der Waals surface area contributed by atoms with Gasteiger partial charge in [0.25, 0.3) is 5.91 Å². The van der Waals surface area contributed by atoms with E-state index < -0.39 is 20.9 Å². The summed E-state index contributed by atoms with van der Waals surface area (Å²) in [6.07, 6.45) is 7.56. The number of rotatable bonds is 12. The monoisotopic (exact) mass is 774 g/mol. The summed E-state index contributed by atoms with van der Waals surface area (Å²) in [5, 5.41) is 3.72. The molecular weight excluding hydrogens is 727 g/mol. The van der Waals surface area contributed by atoms with Crippen LogP contribution in [-0.2, 0) is 42.4 Å². The van der Waals surface area contributed by atoms with Gasteiger partial charge in [-0.05, 0) is 82.1 Å². The average Bonchev–Trinajstić information content (AvgIpc) is 3.78. The molecule has 1 amide bonds. The highest BCUT2D eigenvalue weighted by molar-refractivity contribution is 7.91. The SMILES string of the molecule is CCOC(=O)[C@H]1CC[C@H](OC(C(=O)Cc2cc(Cl)c(NC(=O)c3cn(C)c4ccccc34)cc2Cl)(N2CCCC2)N2CCC(S(C)(=O)=O)CC2)CC1. The maximum Gasteiger partial charge on any atom is 0.308 e. The maximum atomic E-state index is 15.0. The Labute approximate surface area is 315 Å². The predicted octanol–water partition coefficient (Wildman–Crippen LogP) is 6.25. The van der Waals surface area contributed by atoms with Crippen molar-refractivity contribution in [1.29, 1.82) is 0 Å². The third-order valence-electron chi connectivity index (χ3n) is 10.9. The summed E-state index contributed by atoms with van der Waals surface area (Å²) >= 11 is 13.6. The molecule has 1 saturated carbocycles. The number of esters is 1. The quantitative estimate of drug-likeness (QED) is 0.213. The molecule has 1 N–H and O–H groups in total. The van der Waals surface area contributed by atoms with E-state index in [1.165, 1.54) is 6.26 Å². The minimum absolute atomic E-state index is 0.100. The zero-order chi connectivity index (χ0) is 37.2. The van der Waals surface area contributed by atoms with Gasteiger partial charge in [-0.15, -0.1) is 0 Å². The number of ketones is 1. The highest BCUT2D eigenvalue weighted by Gasteiger charge is 2.53. The molecule has 0 radical (unpaired) electrons. The summed E-state index contributed by atoms with van der Waals surface area (Å²) in [5.74, 6) is -2.42. The fourth-order valence-corrected chi connectivity index (χ4v) is 9.63. The van der Waals surface area contributed by atoms with E-state index in [4.69, 9.17) is 32.7 Å². The van der Waals surface area contributed by atoms with Crippen molar-refractivity contribution in [1.82, 2.24) is 14.4 Å². The highest BCUT2D eigenvalue weighted by Crippen LogP contribution is 2.39. The van der Waals surface area contributed by atoms with Gasteiger partial charge in [-0.25, -0.2) is 8.42 Å². The van der Waals surface area contributed by atoms with Crippen LogP contribution >= 0.6 is 23.2 Å². The summed E-state index contributed by atoms with van der Waals surface area (Å²) in [4.78, 5) is 45.0.